The van der Waals surface area contributed by atoms with Crippen molar-refractivity contribution < 1.29 is 4.42 Å². The van der Waals surface area contributed by atoms with Gasteiger partial charge in [-0.15, -0.1) is 11.3 Å². The van der Waals surface area contributed by atoms with Crippen molar-refractivity contribution in [3.05, 3.63) is 39.6 Å². The Kier molecular flexibility index (Phi) is 3.40. The quantitative estimate of drug-likeness (QED) is 0.786. The average molecular weight is 294 g/mol. The van der Waals surface area contributed by atoms with Crippen LogP contribution in [0.1, 0.15) is 17.8 Å². The lowest BCUT2D eigenvalue weighted by atomic mass is 10.3. The maximum Gasteiger partial charge on any atom is 0.195 e. The van der Waals surface area contributed by atoms with E-state index in [9.17, 15) is 0 Å². The Morgan fingerprint density at radius 3 is 3.05 bits per heavy atom. The molecule has 0 atom stereocenters. The SMILES string of the molecule is CCc1nc2cc(NCc3ncc(Cl)s3)ccc2o1. The van der Waals surface area contributed by atoms with E-state index in [2.05, 4.69) is 15.3 Å². The fourth-order valence-corrected chi connectivity index (χ4v) is 2.68. The zero-order chi connectivity index (χ0) is 13.2. The molecule has 0 spiro atoms. The number of rotatable bonds is 4. The maximum atomic E-state index is 5.84. The average Bonchev–Trinajstić information content (AvgIpc) is 3.01. The van der Waals surface area contributed by atoms with Crippen molar-refractivity contribution in [3.8, 4) is 0 Å². The number of fused-ring (bicyclic) bond motifs is 1. The second-order valence-electron chi connectivity index (χ2n) is 4.06. The molecule has 0 saturated heterocycles. The second-order valence-corrected chi connectivity index (χ2v) is 5.80. The summed E-state index contributed by atoms with van der Waals surface area (Å²) in [4.78, 5) is 8.61. The van der Waals surface area contributed by atoms with Crippen molar-refractivity contribution in [2.24, 2.45) is 0 Å². The Morgan fingerprint density at radius 2 is 2.32 bits per heavy atom. The van der Waals surface area contributed by atoms with Gasteiger partial charge in [0.15, 0.2) is 11.5 Å². The Labute approximate surface area is 119 Å². The van der Waals surface area contributed by atoms with Crippen molar-refractivity contribution in [3.63, 3.8) is 0 Å². The minimum atomic E-state index is 0.654. The van der Waals surface area contributed by atoms with Crippen molar-refractivity contribution >= 4 is 39.7 Å². The number of thiazole rings is 1. The van der Waals surface area contributed by atoms with Crippen molar-refractivity contribution in [1.82, 2.24) is 9.97 Å². The monoisotopic (exact) mass is 293 g/mol. The van der Waals surface area contributed by atoms with E-state index >= 15 is 0 Å². The van der Waals surface area contributed by atoms with Crippen molar-refractivity contribution in [2.45, 2.75) is 19.9 Å². The number of oxazole rings is 1. The largest absolute Gasteiger partial charge is 0.441 e. The lowest BCUT2D eigenvalue weighted by Crippen LogP contribution is -1.98. The van der Waals surface area contributed by atoms with E-state index in [0.717, 1.165) is 34.1 Å². The lowest BCUT2D eigenvalue weighted by Gasteiger charge is -2.03. The van der Waals surface area contributed by atoms with Crippen LogP contribution in [0.2, 0.25) is 4.34 Å². The third-order valence-electron chi connectivity index (χ3n) is 2.70. The molecule has 1 N–H and O–H groups in total. The van der Waals surface area contributed by atoms with Crippen LogP contribution in [0, 0.1) is 0 Å². The van der Waals surface area contributed by atoms with E-state index in [1.54, 1.807) is 6.20 Å². The number of benzene rings is 1. The van der Waals surface area contributed by atoms with Gasteiger partial charge in [0.05, 0.1) is 12.7 Å². The molecule has 0 unspecified atom stereocenters. The van der Waals surface area contributed by atoms with Crippen LogP contribution in [0.4, 0.5) is 5.69 Å². The highest BCUT2D eigenvalue weighted by atomic mass is 35.5. The van der Waals surface area contributed by atoms with Gasteiger partial charge in [-0.3, -0.25) is 0 Å². The molecule has 98 valence electrons. The van der Waals surface area contributed by atoms with Crippen LogP contribution in [0.3, 0.4) is 0 Å². The fraction of sp³-hybridized carbons (Fsp3) is 0.231. The first-order valence-corrected chi connectivity index (χ1v) is 7.17. The molecule has 0 amide bonds. The van der Waals surface area contributed by atoms with Crippen molar-refractivity contribution in [2.75, 3.05) is 5.32 Å². The summed E-state index contributed by atoms with van der Waals surface area (Å²) in [7, 11) is 0. The Balaban J connectivity index is 1.77. The van der Waals surface area contributed by atoms with E-state index in [4.69, 9.17) is 16.0 Å². The van der Waals surface area contributed by atoms with Crippen LogP contribution in [-0.4, -0.2) is 9.97 Å². The molecule has 0 aliphatic carbocycles. The lowest BCUT2D eigenvalue weighted by molar-refractivity contribution is 0.538. The smallest absolute Gasteiger partial charge is 0.195 e. The zero-order valence-corrected chi connectivity index (χ0v) is 11.9. The number of halogens is 1. The molecule has 2 heterocycles. The van der Waals surface area contributed by atoms with Gasteiger partial charge in [-0.05, 0) is 18.2 Å². The molecule has 0 radical (unpaired) electrons. The van der Waals surface area contributed by atoms with Gasteiger partial charge in [0.25, 0.3) is 0 Å². The maximum absolute atomic E-state index is 5.84. The third-order valence-corrected chi connectivity index (χ3v) is 3.82. The first kappa shape index (κ1) is 12.4. The molecule has 2 aromatic heterocycles. The molecule has 1 aromatic carbocycles. The van der Waals surface area contributed by atoms with Crippen molar-refractivity contribution in [1.29, 1.82) is 0 Å². The highest BCUT2D eigenvalue weighted by molar-refractivity contribution is 7.15. The van der Waals surface area contributed by atoms with Gasteiger partial charge in [0, 0.05) is 12.1 Å². The first-order chi connectivity index (χ1) is 9.24. The summed E-state index contributed by atoms with van der Waals surface area (Å²) in [6.07, 6.45) is 2.46. The summed E-state index contributed by atoms with van der Waals surface area (Å²) in [6.45, 7) is 2.68. The normalized spacial score (nSPS) is 11.1. The number of nitrogens with zero attached hydrogens (tertiary/aromatic N) is 2. The molecule has 0 fully saturated rings. The molecule has 4 nitrogen and oxygen atoms in total. The predicted octanol–water partition coefficient (Wildman–Crippen LogP) is 4.11. The predicted molar refractivity (Wildman–Crippen MR) is 77.8 cm³/mol. The first-order valence-electron chi connectivity index (χ1n) is 5.98. The fourth-order valence-electron chi connectivity index (χ4n) is 1.78. The second kappa shape index (κ2) is 5.19. The molecule has 0 saturated carbocycles. The molecule has 0 aliphatic rings. The zero-order valence-electron chi connectivity index (χ0n) is 10.3. The van der Waals surface area contributed by atoms with E-state index in [1.165, 1.54) is 11.3 Å². The van der Waals surface area contributed by atoms with E-state index in [-0.39, 0.29) is 0 Å². The summed E-state index contributed by atoms with van der Waals surface area (Å²) >= 11 is 7.32. The molecule has 6 heteroatoms. The number of hydrogen-bond donors (Lipinski definition) is 1. The molecule has 3 aromatic rings. The van der Waals surface area contributed by atoms with Crippen LogP contribution in [0.25, 0.3) is 11.1 Å². The van der Waals surface area contributed by atoms with Crippen LogP contribution in [-0.2, 0) is 13.0 Å². The number of hydrogen-bond acceptors (Lipinski definition) is 5. The summed E-state index contributed by atoms with van der Waals surface area (Å²) in [6, 6.07) is 5.88. The van der Waals surface area contributed by atoms with Crippen LogP contribution >= 0.6 is 22.9 Å². The molecule has 0 bridgehead atoms. The van der Waals surface area contributed by atoms with E-state index in [0.29, 0.717) is 10.9 Å². The third kappa shape index (κ3) is 2.72. The van der Waals surface area contributed by atoms with E-state index < -0.39 is 0 Å². The van der Waals surface area contributed by atoms with Gasteiger partial charge < -0.3 is 9.73 Å². The van der Waals surface area contributed by atoms with Crippen LogP contribution in [0.5, 0.6) is 0 Å². The highest BCUT2D eigenvalue weighted by Crippen LogP contribution is 2.22. The topological polar surface area (TPSA) is 51.0 Å². The molecule has 3 rings (SSSR count). The van der Waals surface area contributed by atoms with Gasteiger partial charge in [-0.1, -0.05) is 18.5 Å². The van der Waals surface area contributed by atoms with Crippen LogP contribution < -0.4 is 5.32 Å². The van der Waals surface area contributed by atoms with Gasteiger partial charge in [0.2, 0.25) is 0 Å². The Morgan fingerprint density at radius 1 is 1.42 bits per heavy atom. The summed E-state index contributed by atoms with van der Waals surface area (Å²) < 4.78 is 6.28. The summed E-state index contributed by atoms with van der Waals surface area (Å²) in [5, 5.41) is 4.26. The number of aryl methyl sites for hydroxylation is 1. The van der Waals surface area contributed by atoms with Gasteiger partial charge >= 0.3 is 0 Å². The highest BCUT2D eigenvalue weighted by Gasteiger charge is 2.05. The molecule has 0 aliphatic heterocycles. The van der Waals surface area contributed by atoms with Crippen LogP contribution in [0.15, 0.2) is 28.8 Å². The number of aromatic nitrogens is 2. The molecular weight excluding hydrogens is 282 g/mol. The number of nitrogens with one attached hydrogen (secondary N) is 1. The standard InChI is InChI=1S/C13H12ClN3OS/c1-2-12-17-9-5-8(3-4-10(9)18-12)15-7-13-16-6-11(14)19-13/h3-6,15H,2,7H2,1H3. The Bertz CT molecular complexity index is 707. The summed E-state index contributed by atoms with van der Waals surface area (Å²) in [5.74, 6) is 0.763. The van der Waals surface area contributed by atoms with Gasteiger partial charge in [-0.25, -0.2) is 9.97 Å². The summed E-state index contributed by atoms with van der Waals surface area (Å²) in [5.41, 5.74) is 2.69. The number of anilines is 1. The Hall–Kier alpha value is -1.59. The minimum absolute atomic E-state index is 0.654. The van der Waals surface area contributed by atoms with Gasteiger partial charge in [-0.2, -0.15) is 0 Å². The molecular formula is C13H12ClN3OS. The minimum Gasteiger partial charge on any atom is -0.441 e. The van der Waals surface area contributed by atoms with E-state index in [1.807, 2.05) is 25.1 Å². The van der Waals surface area contributed by atoms with Gasteiger partial charge in [0.1, 0.15) is 14.9 Å². The molecule has 19 heavy (non-hydrogen) atoms.